The van der Waals surface area contributed by atoms with E-state index in [1.807, 2.05) is 0 Å². The number of hydrogen-bond donors (Lipinski definition) is 0. The summed E-state index contributed by atoms with van der Waals surface area (Å²) in [6, 6.07) is 0. The zero-order valence-corrected chi connectivity index (χ0v) is 12.0. The Bertz CT molecular complexity index is 149. The standard InChI is InChI=1S/C14H31NO/c1-6-11-12-14(8-3,9-4)15(13-7-2)16-10-5/h6-13H2,1-5H3. The summed E-state index contributed by atoms with van der Waals surface area (Å²) in [7, 11) is 0. The van der Waals surface area contributed by atoms with E-state index in [0.717, 1.165) is 19.6 Å². The number of rotatable bonds is 10. The van der Waals surface area contributed by atoms with Crippen LogP contribution in [0.4, 0.5) is 0 Å². The first-order chi connectivity index (χ1) is 7.70. The maximum Gasteiger partial charge on any atom is 0.0657 e. The minimum absolute atomic E-state index is 0.266. The van der Waals surface area contributed by atoms with Crippen LogP contribution in [0.2, 0.25) is 0 Å². The third kappa shape index (κ3) is 4.42. The lowest BCUT2D eigenvalue weighted by molar-refractivity contribution is -0.225. The largest absolute Gasteiger partial charge is 0.299 e. The van der Waals surface area contributed by atoms with Crippen LogP contribution < -0.4 is 0 Å². The minimum atomic E-state index is 0.266. The first-order valence-electron chi connectivity index (χ1n) is 7.11. The van der Waals surface area contributed by atoms with Crippen LogP contribution in [-0.4, -0.2) is 23.8 Å². The molecule has 98 valence electrons. The lowest BCUT2D eigenvalue weighted by Gasteiger charge is -2.42. The summed E-state index contributed by atoms with van der Waals surface area (Å²) >= 11 is 0. The van der Waals surface area contributed by atoms with Crippen molar-refractivity contribution in [1.29, 1.82) is 0 Å². The summed E-state index contributed by atoms with van der Waals surface area (Å²) in [5.74, 6) is 0. The lowest BCUT2D eigenvalue weighted by Crippen LogP contribution is -2.48. The van der Waals surface area contributed by atoms with E-state index in [0.29, 0.717) is 0 Å². The van der Waals surface area contributed by atoms with Crippen molar-refractivity contribution in [2.75, 3.05) is 13.2 Å². The fourth-order valence-electron chi connectivity index (χ4n) is 2.38. The molecule has 0 aromatic carbocycles. The van der Waals surface area contributed by atoms with Gasteiger partial charge in [0.1, 0.15) is 0 Å². The molecule has 0 N–H and O–H groups in total. The molecular weight excluding hydrogens is 198 g/mol. The Hall–Kier alpha value is -0.0800. The van der Waals surface area contributed by atoms with Gasteiger partial charge in [0.2, 0.25) is 0 Å². The van der Waals surface area contributed by atoms with Gasteiger partial charge in [-0.25, -0.2) is 0 Å². The average Bonchev–Trinajstić information content (AvgIpc) is 2.31. The van der Waals surface area contributed by atoms with E-state index in [1.54, 1.807) is 0 Å². The third-order valence-electron chi connectivity index (χ3n) is 3.55. The maximum absolute atomic E-state index is 5.86. The van der Waals surface area contributed by atoms with Gasteiger partial charge in [-0.1, -0.05) is 40.5 Å². The molecule has 0 aromatic rings. The molecule has 2 heteroatoms. The van der Waals surface area contributed by atoms with E-state index in [9.17, 15) is 0 Å². The molecule has 0 rings (SSSR count). The predicted octanol–water partition coefficient (Wildman–Crippen LogP) is 4.40. The summed E-state index contributed by atoms with van der Waals surface area (Å²) in [4.78, 5) is 5.86. The molecule has 0 aliphatic carbocycles. The van der Waals surface area contributed by atoms with E-state index >= 15 is 0 Å². The maximum atomic E-state index is 5.86. The molecule has 0 amide bonds. The van der Waals surface area contributed by atoms with Crippen molar-refractivity contribution in [2.45, 2.75) is 78.7 Å². The molecule has 16 heavy (non-hydrogen) atoms. The zero-order valence-electron chi connectivity index (χ0n) is 12.0. The Kier molecular flexibility index (Phi) is 8.96. The van der Waals surface area contributed by atoms with Crippen LogP contribution in [0.5, 0.6) is 0 Å². The van der Waals surface area contributed by atoms with Crippen molar-refractivity contribution in [3.05, 3.63) is 0 Å². The van der Waals surface area contributed by atoms with E-state index in [2.05, 4.69) is 39.7 Å². The molecule has 0 radical (unpaired) electrons. The van der Waals surface area contributed by atoms with E-state index < -0.39 is 0 Å². The second-order valence-corrected chi connectivity index (χ2v) is 4.55. The van der Waals surface area contributed by atoms with E-state index in [-0.39, 0.29) is 5.54 Å². The van der Waals surface area contributed by atoms with Gasteiger partial charge in [0, 0.05) is 12.1 Å². The van der Waals surface area contributed by atoms with E-state index in [4.69, 9.17) is 4.84 Å². The highest BCUT2D eigenvalue weighted by molar-refractivity contribution is 4.84. The van der Waals surface area contributed by atoms with Crippen LogP contribution in [0.25, 0.3) is 0 Å². The molecule has 0 aromatic heterocycles. The molecule has 0 unspecified atom stereocenters. The highest BCUT2D eigenvalue weighted by Crippen LogP contribution is 2.30. The fraction of sp³-hybridized carbons (Fsp3) is 1.00. The van der Waals surface area contributed by atoms with Gasteiger partial charge in [0.05, 0.1) is 6.61 Å². The summed E-state index contributed by atoms with van der Waals surface area (Å²) in [6.07, 6.45) is 7.36. The average molecular weight is 229 g/mol. The summed E-state index contributed by atoms with van der Waals surface area (Å²) in [5, 5.41) is 2.27. The Labute approximate surface area is 102 Å². The van der Waals surface area contributed by atoms with Gasteiger partial charge in [-0.3, -0.25) is 4.84 Å². The Morgan fingerprint density at radius 3 is 1.94 bits per heavy atom. The van der Waals surface area contributed by atoms with Crippen molar-refractivity contribution < 1.29 is 4.84 Å². The third-order valence-corrected chi connectivity index (χ3v) is 3.55. The predicted molar refractivity (Wildman–Crippen MR) is 71.5 cm³/mol. The second kappa shape index (κ2) is 9.00. The summed E-state index contributed by atoms with van der Waals surface area (Å²) in [6.45, 7) is 13.0. The molecule has 0 fully saturated rings. The number of hydroxylamine groups is 2. The van der Waals surface area contributed by atoms with Crippen LogP contribution in [0.1, 0.15) is 73.1 Å². The van der Waals surface area contributed by atoms with Crippen molar-refractivity contribution >= 4 is 0 Å². The zero-order chi connectivity index (χ0) is 12.4. The number of nitrogens with zero attached hydrogens (tertiary/aromatic N) is 1. The van der Waals surface area contributed by atoms with Gasteiger partial charge < -0.3 is 0 Å². The Morgan fingerprint density at radius 2 is 1.56 bits per heavy atom. The molecule has 0 atom stereocenters. The van der Waals surface area contributed by atoms with Crippen LogP contribution in [0.15, 0.2) is 0 Å². The normalized spacial score (nSPS) is 12.4. The SMILES string of the molecule is CCCCC(CC)(CC)N(CCC)OCC. The van der Waals surface area contributed by atoms with Gasteiger partial charge in [0.15, 0.2) is 0 Å². The number of unbranched alkanes of at least 4 members (excludes halogenated alkanes) is 1. The smallest absolute Gasteiger partial charge is 0.0657 e. The molecule has 0 saturated carbocycles. The molecule has 0 aliphatic rings. The van der Waals surface area contributed by atoms with Gasteiger partial charge in [-0.15, -0.1) is 0 Å². The molecular formula is C14H31NO. The van der Waals surface area contributed by atoms with Gasteiger partial charge in [-0.05, 0) is 32.6 Å². The monoisotopic (exact) mass is 229 g/mol. The lowest BCUT2D eigenvalue weighted by atomic mass is 9.86. The Morgan fingerprint density at radius 1 is 0.938 bits per heavy atom. The van der Waals surface area contributed by atoms with Crippen LogP contribution in [0, 0.1) is 0 Å². The highest BCUT2D eigenvalue weighted by atomic mass is 16.7. The topological polar surface area (TPSA) is 12.5 Å². The second-order valence-electron chi connectivity index (χ2n) is 4.55. The summed E-state index contributed by atoms with van der Waals surface area (Å²) < 4.78 is 0. The van der Waals surface area contributed by atoms with Crippen molar-refractivity contribution in [3.8, 4) is 0 Å². The van der Waals surface area contributed by atoms with Gasteiger partial charge in [0.25, 0.3) is 0 Å². The van der Waals surface area contributed by atoms with Crippen LogP contribution in [-0.2, 0) is 4.84 Å². The first-order valence-corrected chi connectivity index (χ1v) is 7.11. The van der Waals surface area contributed by atoms with Crippen molar-refractivity contribution in [2.24, 2.45) is 0 Å². The summed E-state index contributed by atoms with van der Waals surface area (Å²) in [5.41, 5.74) is 0.266. The first kappa shape index (κ1) is 15.9. The molecule has 0 bridgehead atoms. The van der Waals surface area contributed by atoms with E-state index in [1.165, 1.54) is 32.1 Å². The van der Waals surface area contributed by atoms with Crippen LogP contribution >= 0.6 is 0 Å². The molecule has 0 spiro atoms. The molecule has 2 nitrogen and oxygen atoms in total. The van der Waals surface area contributed by atoms with Crippen molar-refractivity contribution in [3.63, 3.8) is 0 Å². The van der Waals surface area contributed by atoms with Gasteiger partial charge >= 0.3 is 0 Å². The Balaban J connectivity index is 4.63. The van der Waals surface area contributed by atoms with Gasteiger partial charge in [-0.2, -0.15) is 5.06 Å². The fourth-order valence-corrected chi connectivity index (χ4v) is 2.38. The highest BCUT2D eigenvalue weighted by Gasteiger charge is 2.33. The van der Waals surface area contributed by atoms with Crippen LogP contribution in [0.3, 0.4) is 0 Å². The molecule has 0 saturated heterocycles. The minimum Gasteiger partial charge on any atom is -0.299 e. The van der Waals surface area contributed by atoms with Crippen molar-refractivity contribution in [1.82, 2.24) is 5.06 Å². The molecule has 0 heterocycles. The quantitative estimate of drug-likeness (QED) is 0.515. The number of hydrogen-bond acceptors (Lipinski definition) is 2. The molecule has 0 aliphatic heterocycles.